The molecule has 0 amide bonds. The van der Waals surface area contributed by atoms with Crippen molar-refractivity contribution in [2.75, 3.05) is 11.7 Å². The monoisotopic (exact) mass is 238 g/mol. The van der Waals surface area contributed by atoms with Gasteiger partial charge in [0.2, 0.25) is 10.0 Å². The number of aromatic nitrogens is 2. The molecule has 6 nitrogen and oxygen atoms in total. The first-order chi connectivity index (χ1) is 7.56. The molecule has 0 spiro atoms. The van der Waals surface area contributed by atoms with E-state index in [1.807, 2.05) is 24.3 Å². The van der Waals surface area contributed by atoms with Crippen LogP contribution in [0.3, 0.4) is 0 Å². The Hall–Kier alpha value is -1.73. The number of hydrogen-bond donors (Lipinski definition) is 2. The molecule has 0 radical (unpaired) electrons. The zero-order valence-corrected chi connectivity index (χ0v) is 9.32. The lowest BCUT2D eigenvalue weighted by Crippen LogP contribution is -2.28. The number of nitrogens with zero attached hydrogens (tertiary/aromatic N) is 2. The summed E-state index contributed by atoms with van der Waals surface area (Å²) in [6.07, 6.45) is 2.43. The number of fused-ring (bicyclic) bond motifs is 1. The number of hydrogen-bond acceptors (Lipinski definition) is 5. The molecule has 2 rings (SSSR count). The van der Waals surface area contributed by atoms with E-state index in [4.69, 9.17) is 0 Å². The SMILES string of the molecule is CS(=O)(=O)NNc1ncnc2ccccc12. The Labute approximate surface area is 92.7 Å². The van der Waals surface area contributed by atoms with Crippen LogP contribution in [0.1, 0.15) is 0 Å². The van der Waals surface area contributed by atoms with Crippen molar-refractivity contribution in [1.82, 2.24) is 14.8 Å². The first kappa shape index (κ1) is 10.8. The lowest BCUT2D eigenvalue weighted by atomic mass is 10.2. The molecule has 0 aliphatic heterocycles. The molecule has 1 aromatic heterocycles. The standard InChI is InChI=1S/C9H10N4O2S/c1-16(14,15)13-12-9-7-4-2-3-5-8(7)10-6-11-9/h2-6,13H,1H3,(H,10,11,12). The lowest BCUT2D eigenvalue weighted by Gasteiger charge is -2.07. The van der Waals surface area contributed by atoms with Crippen LogP contribution in [0.4, 0.5) is 5.82 Å². The van der Waals surface area contributed by atoms with Crippen LogP contribution in [-0.2, 0) is 10.0 Å². The summed E-state index contributed by atoms with van der Waals surface area (Å²) in [6.45, 7) is 0. The Morgan fingerprint density at radius 3 is 2.69 bits per heavy atom. The van der Waals surface area contributed by atoms with E-state index in [9.17, 15) is 8.42 Å². The van der Waals surface area contributed by atoms with Gasteiger partial charge in [-0.1, -0.05) is 12.1 Å². The number of sulfonamides is 1. The number of benzene rings is 1. The number of para-hydroxylation sites is 1. The van der Waals surface area contributed by atoms with Crippen molar-refractivity contribution < 1.29 is 8.42 Å². The zero-order valence-electron chi connectivity index (χ0n) is 8.51. The summed E-state index contributed by atoms with van der Waals surface area (Å²) >= 11 is 0. The predicted molar refractivity (Wildman–Crippen MR) is 61.1 cm³/mol. The van der Waals surface area contributed by atoms with E-state index in [1.165, 1.54) is 6.33 Å². The van der Waals surface area contributed by atoms with E-state index in [-0.39, 0.29) is 0 Å². The Kier molecular flexibility index (Phi) is 2.71. The average molecular weight is 238 g/mol. The van der Waals surface area contributed by atoms with Crippen molar-refractivity contribution in [1.29, 1.82) is 0 Å². The molecule has 2 aromatic rings. The van der Waals surface area contributed by atoms with Crippen molar-refractivity contribution in [2.24, 2.45) is 0 Å². The third-order valence-corrected chi connectivity index (χ3v) is 2.37. The van der Waals surface area contributed by atoms with Gasteiger partial charge in [0, 0.05) is 5.39 Å². The van der Waals surface area contributed by atoms with Gasteiger partial charge < -0.3 is 0 Å². The summed E-state index contributed by atoms with van der Waals surface area (Å²) in [7, 11) is -3.31. The largest absolute Gasteiger partial charge is 0.292 e. The number of hydrazine groups is 1. The molecule has 1 heterocycles. The van der Waals surface area contributed by atoms with Gasteiger partial charge in [0.1, 0.15) is 6.33 Å². The van der Waals surface area contributed by atoms with Gasteiger partial charge in [-0.3, -0.25) is 5.43 Å². The van der Waals surface area contributed by atoms with Crippen LogP contribution >= 0.6 is 0 Å². The summed E-state index contributed by atoms with van der Waals surface area (Å²) in [5, 5.41) is 0.751. The predicted octanol–water partition coefficient (Wildman–Crippen LogP) is 0.506. The Morgan fingerprint density at radius 2 is 1.94 bits per heavy atom. The van der Waals surface area contributed by atoms with E-state index in [2.05, 4.69) is 20.2 Å². The summed E-state index contributed by atoms with van der Waals surface area (Å²) < 4.78 is 21.8. The molecule has 1 aromatic carbocycles. The molecule has 2 N–H and O–H groups in total. The molecule has 0 aliphatic rings. The maximum Gasteiger partial charge on any atom is 0.225 e. The molecule has 0 unspecified atom stereocenters. The minimum atomic E-state index is -3.31. The molecule has 7 heteroatoms. The Morgan fingerprint density at radius 1 is 1.19 bits per heavy atom. The first-order valence-electron chi connectivity index (χ1n) is 4.49. The van der Waals surface area contributed by atoms with Gasteiger partial charge in [-0.2, -0.15) is 0 Å². The van der Waals surface area contributed by atoms with Crippen molar-refractivity contribution in [3.05, 3.63) is 30.6 Å². The highest BCUT2D eigenvalue weighted by molar-refractivity contribution is 7.88. The average Bonchev–Trinajstić information content (AvgIpc) is 2.25. The number of nitrogens with one attached hydrogen (secondary N) is 2. The highest BCUT2D eigenvalue weighted by atomic mass is 32.2. The van der Waals surface area contributed by atoms with Gasteiger partial charge in [-0.05, 0) is 12.1 Å². The molecular formula is C9H10N4O2S. The highest BCUT2D eigenvalue weighted by Gasteiger charge is 2.04. The fourth-order valence-corrected chi connectivity index (χ4v) is 1.53. The van der Waals surface area contributed by atoms with Gasteiger partial charge >= 0.3 is 0 Å². The van der Waals surface area contributed by atoms with E-state index in [1.54, 1.807) is 0 Å². The van der Waals surface area contributed by atoms with E-state index >= 15 is 0 Å². The van der Waals surface area contributed by atoms with E-state index < -0.39 is 10.0 Å². The van der Waals surface area contributed by atoms with Crippen LogP contribution in [0, 0.1) is 0 Å². The topological polar surface area (TPSA) is 84.0 Å². The van der Waals surface area contributed by atoms with Gasteiger partial charge in [0.25, 0.3) is 0 Å². The minimum Gasteiger partial charge on any atom is -0.292 e. The molecule has 0 atom stereocenters. The van der Waals surface area contributed by atoms with E-state index in [0.717, 1.165) is 17.2 Å². The molecule has 0 saturated carbocycles. The normalized spacial score (nSPS) is 11.6. The Balaban J connectivity index is 2.38. The third-order valence-electron chi connectivity index (χ3n) is 1.90. The smallest absolute Gasteiger partial charge is 0.225 e. The second-order valence-corrected chi connectivity index (χ2v) is 4.99. The van der Waals surface area contributed by atoms with Crippen LogP contribution in [-0.4, -0.2) is 24.6 Å². The first-order valence-corrected chi connectivity index (χ1v) is 6.38. The second kappa shape index (κ2) is 4.03. The van der Waals surface area contributed by atoms with Crippen LogP contribution in [0.15, 0.2) is 30.6 Å². The summed E-state index contributed by atoms with van der Waals surface area (Å²) in [6, 6.07) is 7.31. The van der Waals surface area contributed by atoms with Crippen LogP contribution in [0.2, 0.25) is 0 Å². The zero-order chi connectivity index (χ0) is 11.6. The maximum absolute atomic E-state index is 10.9. The Bertz CT molecular complexity index is 606. The molecule has 84 valence electrons. The molecule has 0 saturated heterocycles. The van der Waals surface area contributed by atoms with Crippen LogP contribution in [0.25, 0.3) is 10.9 Å². The fourth-order valence-electron chi connectivity index (χ4n) is 1.25. The van der Waals surface area contributed by atoms with Gasteiger partial charge in [0.15, 0.2) is 5.82 Å². The number of anilines is 1. The van der Waals surface area contributed by atoms with Crippen molar-refractivity contribution >= 4 is 26.7 Å². The van der Waals surface area contributed by atoms with Crippen molar-refractivity contribution in [3.8, 4) is 0 Å². The second-order valence-electron chi connectivity index (χ2n) is 3.24. The lowest BCUT2D eigenvalue weighted by molar-refractivity contribution is 0.593. The molecular weight excluding hydrogens is 228 g/mol. The fraction of sp³-hybridized carbons (Fsp3) is 0.111. The van der Waals surface area contributed by atoms with Crippen LogP contribution in [0.5, 0.6) is 0 Å². The van der Waals surface area contributed by atoms with Crippen LogP contribution < -0.4 is 10.3 Å². The molecule has 0 aliphatic carbocycles. The quantitative estimate of drug-likeness (QED) is 0.761. The molecule has 0 bridgehead atoms. The van der Waals surface area contributed by atoms with Gasteiger partial charge in [-0.15, -0.1) is 4.83 Å². The minimum absolute atomic E-state index is 0.427. The highest BCUT2D eigenvalue weighted by Crippen LogP contribution is 2.17. The summed E-state index contributed by atoms with van der Waals surface area (Å²) in [4.78, 5) is 10.2. The number of rotatable bonds is 3. The van der Waals surface area contributed by atoms with E-state index in [0.29, 0.717) is 5.82 Å². The molecule has 0 fully saturated rings. The summed E-state index contributed by atoms with van der Waals surface area (Å²) in [5.41, 5.74) is 3.28. The maximum atomic E-state index is 10.9. The molecule has 16 heavy (non-hydrogen) atoms. The third kappa shape index (κ3) is 2.44. The van der Waals surface area contributed by atoms with Gasteiger partial charge in [0.05, 0.1) is 11.8 Å². The van der Waals surface area contributed by atoms with Gasteiger partial charge in [-0.25, -0.2) is 18.4 Å². The summed E-state index contributed by atoms with van der Waals surface area (Å²) in [5.74, 6) is 0.427. The van der Waals surface area contributed by atoms with Crippen molar-refractivity contribution in [2.45, 2.75) is 0 Å². The van der Waals surface area contributed by atoms with Crippen molar-refractivity contribution in [3.63, 3.8) is 0 Å².